The lowest BCUT2D eigenvalue weighted by atomic mass is 9.90. The maximum absolute atomic E-state index is 12.5. The highest BCUT2D eigenvalue weighted by atomic mass is 35.5. The molecule has 2 aromatic rings. The molecule has 1 aliphatic heterocycles. The number of likely N-dealkylation sites (tertiary alicyclic amines) is 1. The molecule has 0 atom stereocenters. The highest BCUT2D eigenvalue weighted by Crippen LogP contribution is 2.24. The Labute approximate surface area is 148 Å². The molecule has 1 aliphatic rings. The number of carbonyl (C=O) groups is 1. The Kier molecular flexibility index (Phi) is 5.41. The molecule has 0 bridgehead atoms. The first kappa shape index (κ1) is 16.8. The second-order valence-corrected chi connectivity index (χ2v) is 6.95. The molecule has 1 heterocycles. The fourth-order valence-electron chi connectivity index (χ4n) is 3.21. The van der Waals surface area contributed by atoms with Crippen molar-refractivity contribution in [1.29, 1.82) is 0 Å². The number of rotatable bonds is 3. The molecule has 0 radical (unpaired) electrons. The molecule has 126 valence electrons. The number of aryl methyl sites for hydroxylation is 1. The Balaban J connectivity index is 1.52. The van der Waals surface area contributed by atoms with E-state index in [2.05, 4.69) is 29.6 Å². The van der Waals surface area contributed by atoms with Crippen LogP contribution in [0.2, 0.25) is 5.02 Å². The zero-order chi connectivity index (χ0) is 16.9. The number of hydrogen-bond donors (Lipinski definition) is 1. The number of halogens is 1. The molecule has 24 heavy (non-hydrogen) atoms. The molecule has 3 rings (SSSR count). The van der Waals surface area contributed by atoms with Gasteiger partial charge in [0.15, 0.2) is 0 Å². The number of hydrogen-bond acceptors (Lipinski definition) is 1. The third-order valence-corrected chi connectivity index (χ3v) is 4.95. The number of carbonyl (C=O) groups excluding carboxylic acids is 1. The van der Waals surface area contributed by atoms with Gasteiger partial charge in [0.05, 0.1) is 0 Å². The Hall–Kier alpha value is -2.00. The van der Waals surface area contributed by atoms with Crippen LogP contribution < -0.4 is 5.32 Å². The average Bonchev–Trinajstić information content (AvgIpc) is 2.60. The van der Waals surface area contributed by atoms with Crippen LogP contribution in [-0.2, 0) is 6.42 Å². The van der Waals surface area contributed by atoms with Crippen molar-refractivity contribution >= 4 is 23.3 Å². The van der Waals surface area contributed by atoms with Gasteiger partial charge in [0.1, 0.15) is 0 Å². The van der Waals surface area contributed by atoms with Gasteiger partial charge in [-0.3, -0.25) is 0 Å². The second kappa shape index (κ2) is 7.71. The molecule has 0 unspecified atom stereocenters. The number of nitrogens with one attached hydrogen (secondary N) is 1. The summed E-state index contributed by atoms with van der Waals surface area (Å²) in [6.45, 7) is 3.59. The van der Waals surface area contributed by atoms with E-state index in [4.69, 9.17) is 11.6 Å². The van der Waals surface area contributed by atoms with E-state index in [1.165, 1.54) is 5.56 Å². The SMILES string of the molecule is Cc1ccc(Cl)cc1NC(=O)N1CCC(Cc2ccccc2)CC1. The third kappa shape index (κ3) is 4.30. The first-order valence-electron chi connectivity index (χ1n) is 8.48. The topological polar surface area (TPSA) is 32.3 Å². The average molecular weight is 343 g/mol. The molecular formula is C20H23ClN2O. The zero-order valence-electron chi connectivity index (χ0n) is 14.0. The van der Waals surface area contributed by atoms with Gasteiger partial charge in [-0.05, 0) is 55.4 Å². The van der Waals surface area contributed by atoms with Crippen molar-refractivity contribution in [2.75, 3.05) is 18.4 Å². The quantitative estimate of drug-likeness (QED) is 0.823. The van der Waals surface area contributed by atoms with E-state index in [-0.39, 0.29) is 6.03 Å². The minimum absolute atomic E-state index is 0.0291. The number of piperidine rings is 1. The number of benzene rings is 2. The molecule has 2 amide bonds. The molecule has 2 aromatic carbocycles. The van der Waals surface area contributed by atoms with Crippen LogP contribution in [0.15, 0.2) is 48.5 Å². The highest BCUT2D eigenvalue weighted by molar-refractivity contribution is 6.31. The van der Waals surface area contributed by atoms with Gasteiger partial charge in [0.2, 0.25) is 0 Å². The van der Waals surface area contributed by atoms with E-state index >= 15 is 0 Å². The molecular weight excluding hydrogens is 320 g/mol. The zero-order valence-corrected chi connectivity index (χ0v) is 14.7. The minimum atomic E-state index is -0.0291. The normalized spacial score (nSPS) is 15.3. The summed E-state index contributed by atoms with van der Waals surface area (Å²) in [4.78, 5) is 14.4. The van der Waals surface area contributed by atoms with Gasteiger partial charge in [0, 0.05) is 23.8 Å². The molecule has 1 saturated heterocycles. The van der Waals surface area contributed by atoms with Gasteiger partial charge in [-0.2, -0.15) is 0 Å². The van der Waals surface area contributed by atoms with Gasteiger partial charge in [-0.15, -0.1) is 0 Å². The van der Waals surface area contributed by atoms with Crippen molar-refractivity contribution in [3.63, 3.8) is 0 Å². The molecule has 0 aromatic heterocycles. The Bertz CT molecular complexity index is 694. The lowest BCUT2D eigenvalue weighted by molar-refractivity contribution is 0.182. The van der Waals surface area contributed by atoms with Crippen LogP contribution in [0.4, 0.5) is 10.5 Å². The number of amides is 2. The van der Waals surface area contributed by atoms with Gasteiger partial charge in [-0.1, -0.05) is 48.0 Å². The van der Waals surface area contributed by atoms with Crippen molar-refractivity contribution in [3.05, 3.63) is 64.7 Å². The largest absolute Gasteiger partial charge is 0.325 e. The molecule has 1 N–H and O–H groups in total. The number of nitrogens with zero attached hydrogens (tertiary/aromatic N) is 1. The third-order valence-electron chi connectivity index (χ3n) is 4.71. The summed E-state index contributed by atoms with van der Waals surface area (Å²) in [6.07, 6.45) is 3.21. The van der Waals surface area contributed by atoms with Crippen LogP contribution in [0, 0.1) is 12.8 Å². The summed E-state index contributed by atoms with van der Waals surface area (Å²) in [7, 11) is 0. The maximum atomic E-state index is 12.5. The first-order chi connectivity index (χ1) is 11.6. The predicted molar refractivity (Wildman–Crippen MR) is 99.7 cm³/mol. The van der Waals surface area contributed by atoms with Gasteiger partial charge in [-0.25, -0.2) is 4.79 Å². The monoisotopic (exact) mass is 342 g/mol. The summed E-state index contributed by atoms with van der Waals surface area (Å²) < 4.78 is 0. The van der Waals surface area contributed by atoms with Crippen LogP contribution in [0.3, 0.4) is 0 Å². The minimum Gasteiger partial charge on any atom is -0.325 e. The van der Waals surface area contributed by atoms with Crippen LogP contribution in [0.5, 0.6) is 0 Å². The summed E-state index contributed by atoms with van der Waals surface area (Å²) in [5.41, 5.74) is 3.19. The standard InChI is InChI=1S/C20H23ClN2O/c1-15-7-8-18(21)14-19(15)22-20(24)23-11-9-17(10-12-23)13-16-5-3-2-4-6-16/h2-8,14,17H,9-13H2,1H3,(H,22,24). The lowest BCUT2D eigenvalue weighted by Gasteiger charge is -2.32. The molecule has 4 heteroatoms. The van der Waals surface area contributed by atoms with E-state index in [0.29, 0.717) is 10.9 Å². The van der Waals surface area contributed by atoms with E-state index in [9.17, 15) is 4.79 Å². The highest BCUT2D eigenvalue weighted by Gasteiger charge is 2.23. The van der Waals surface area contributed by atoms with Crippen molar-refractivity contribution < 1.29 is 4.79 Å². The van der Waals surface area contributed by atoms with Crippen LogP contribution in [0.1, 0.15) is 24.0 Å². The fraction of sp³-hybridized carbons (Fsp3) is 0.350. The molecule has 3 nitrogen and oxygen atoms in total. The van der Waals surface area contributed by atoms with Gasteiger partial charge in [0.25, 0.3) is 0 Å². The van der Waals surface area contributed by atoms with Crippen molar-refractivity contribution in [2.24, 2.45) is 5.92 Å². The fourth-order valence-corrected chi connectivity index (χ4v) is 3.38. The summed E-state index contributed by atoms with van der Waals surface area (Å²) in [5, 5.41) is 3.62. The van der Waals surface area contributed by atoms with E-state index in [0.717, 1.165) is 43.6 Å². The van der Waals surface area contributed by atoms with Gasteiger partial charge < -0.3 is 10.2 Å². The molecule has 1 fully saturated rings. The maximum Gasteiger partial charge on any atom is 0.321 e. The summed E-state index contributed by atoms with van der Waals surface area (Å²) >= 11 is 6.02. The van der Waals surface area contributed by atoms with Gasteiger partial charge >= 0.3 is 6.03 Å². The lowest BCUT2D eigenvalue weighted by Crippen LogP contribution is -2.41. The summed E-state index contributed by atoms with van der Waals surface area (Å²) in [5.74, 6) is 0.657. The van der Waals surface area contributed by atoms with Crippen LogP contribution in [0.25, 0.3) is 0 Å². The number of urea groups is 1. The number of anilines is 1. The van der Waals surface area contributed by atoms with Crippen LogP contribution in [-0.4, -0.2) is 24.0 Å². The molecule has 0 saturated carbocycles. The second-order valence-electron chi connectivity index (χ2n) is 6.51. The van der Waals surface area contributed by atoms with E-state index in [1.807, 2.05) is 30.0 Å². The molecule has 0 aliphatic carbocycles. The van der Waals surface area contributed by atoms with E-state index < -0.39 is 0 Å². The van der Waals surface area contributed by atoms with Crippen LogP contribution >= 0.6 is 11.6 Å². The van der Waals surface area contributed by atoms with Crippen molar-refractivity contribution in [1.82, 2.24) is 4.90 Å². The Morgan fingerprint density at radius 1 is 1.17 bits per heavy atom. The van der Waals surface area contributed by atoms with Crippen molar-refractivity contribution in [3.8, 4) is 0 Å². The first-order valence-corrected chi connectivity index (χ1v) is 8.85. The van der Waals surface area contributed by atoms with E-state index in [1.54, 1.807) is 6.07 Å². The van der Waals surface area contributed by atoms with Crippen molar-refractivity contribution in [2.45, 2.75) is 26.2 Å². The Morgan fingerprint density at radius 3 is 2.58 bits per heavy atom. The molecule has 0 spiro atoms. The smallest absolute Gasteiger partial charge is 0.321 e. The predicted octanol–water partition coefficient (Wildman–Crippen LogP) is 5.14. The summed E-state index contributed by atoms with van der Waals surface area (Å²) in [6, 6.07) is 16.1. The Morgan fingerprint density at radius 2 is 1.88 bits per heavy atom.